The third kappa shape index (κ3) is 4.31. The Balaban J connectivity index is 3.69. The molecule has 0 bridgehead atoms. The Kier molecular flexibility index (Phi) is 4.20. The van der Waals surface area contributed by atoms with Gasteiger partial charge in [0.15, 0.2) is 0 Å². The van der Waals surface area contributed by atoms with Crippen LogP contribution in [0.4, 0.5) is 0 Å². The molecule has 0 aliphatic carbocycles. The molecule has 4 heteroatoms. The first-order chi connectivity index (χ1) is 5.36. The number of hydrogen-bond donors (Lipinski definition) is 2. The van der Waals surface area contributed by atoms with Gasteiger partial charge in [-0.15, -0.1) is 0 Å². The fraction of sp³-hybridized carbons (Fsp3) is 0.875. The Morgan fingerprint density at radius 1 is 1.58 bits per heavy atom. The van der Waals surface area contributed by atoms with Gasteiger partial charge < -0.3 is 15.7 Å². The van der Waals surface area contributed by atoms with E-state index in [1.54, 1.807) is 6.92 Å². The SMILES string of the molecule is CN(C)CCC[C@@](C)(N)C(=O)O. The van der Waals surface area contributed by atoms with E-state index in [0.717, 1.165) is 13.0 Å². The fourth-order valence-electron chi connectivity index (χ4n) is 0.869. The lowest BCUT2D eigenvalue weighted by molar-refractivity contribution is -0.142. The van der Waals surface area contributed by atoms with E-state index in [9.17, 15) is 4.79 Å². The van der Waals surface area contributed by atoms with E-state index in [-0.39, 0.29) is 0 Å². The third-order valence-corrected chi connectivity index (χ3v) is 1.79. The molecule has 0 amide bonds. The minimum atomic E-state index is -1.07. The number of aliphatic carboxylic acids is 1. The van der Waals surface area contributed by atoms with E-state index < -0.39 is 11.5 Å². The van der Waals surface area contributed by atoms with Gasteiger partial charge in [-0.3, -0.25) is 4.79 Å². The topological polar surface area (TPSA) is 66.6 Å². The summed E-state index contributed by atoms with van der Waals surface area (Å²) in [6, 6.07) is 0. The highest BCUT2D eigenvalue weighted by Gasteiger charge is 2.26. The molecular formula is C8H18N2O2. The smallest absolute Gasteiger partial charge is 0.323 e. The van der Waals surface area contributed by atoms with Crippen LogP contribution >= 0.6 is 0 Å². The van der Waals surface area contributed by atoms with Gasteiger partial charge in [0.25, 0.3) is 0 Å². The van der Waals surface area contributed by atoms with Gasteiger partial charge in [0.2, 0.25) is 0 Å². The van der Waals surface area contributed by atoms with Gasteiger partial charge in [-0.25, -0.2) is 0 Å². The first-order valence-electron chi connectivity index (χ1n) is 4.03. The predicted molar refractivity (Wildman–Crippen MR) is 48.0 cm³/mol. The molecule has 0 aromatic heterocycles. The number of rotatable bonds is 5. The molecule has 0 rings (SSSR count). The van der Waals surface area contributed by atoms with Crippen molar-refractivity contribution in [3.05, 3.63) is 0 Å². The summed E-state index contributed by atoms with van der Waals surface area (Å²) in [5, 5.41) is 8.67. The molecule has 0 aromatic rings. The van der Waals surface area contributed by atoms with Gasteiger partial charge in [0.05, 0.1) is 0 Å². The third-order valence-electron chi connectivity index (χ3n) is 1.79. The van der Waals surface area contributed by atoms with Crippen LogP contribution in [0.5, 0.6) is 0 Å². The van der Waals surface area contributed by atoms with Crippen molar-refractivity contribution in [2.75, 3.05) is 20.6 Å². The first-order valence-corrected chi connectivity index (χ1v) is 4.03. The van der Waals surface area contributed by atoms with E-state index >= 15 is 0 Å². The van der Waals surface area contributed by atoms with Crippen molar-refractivity contribution in [3.63, 3.8) is 0 Å². The summed E-state index contributed by atoms with van der Waals surface area (Å²) < 4.78 is 0. The Hall–Kier alpha value is -0.610. The lowest BCUT2D eigenvalue weighted by atomic mass is 9.97. The lowest BCUT2D eigenvalue weighted by Gasteiger charge is -2.19. The average Bonchev–Trinajstić information content (AvgIpc) is 1.85. The van der Waals surface area contributed by atoms with Crippen LogP contribution in [-0.2, 0) is 4.79 Å². The van der Waals surface area contributed by atoms with Crippen LogP contribution in [0, 0.1) is 0 Å². The van der Waals surface area contributed by atoms with Crippen LogP contribution in [0.25, 0.3) is 0 Å². The summed E-state index contributed by atoms with van der Waals surface area (Å²) >= 11 is 0. The molecule has 3 N–H and O–H groups in total. The van der Waals surface area contributed by atoms with E-state index in [1.165, 1.54) is 0 Å². The van der Waals surface area contributed by atoms with Crippen LogP contribution < -0.4 is 5.73 Å². The Morgan fingerprint density at radius 3 is 2.42 bits per heavy atom. The van der Waals surface area contributed by atoms with Crippen molar-refractivity contribution >= 4 is 5.97 Å². The lowest BCUT2D eigenvalue weighted by Crippen LogP contribution is -2.45. The number of carboxylic acid groups (broad SMARTS) is 1. The standard InChI is InChI=1S/C8H18N2O2/c1-8(9,7(11)12)5-4-6-10(2)3/h4-6,9H2,1-3H3,(H,11,12)/t8-/m1/s1. The molecule has 0 aromatic carbocycles. The molecule has 0 spiro atoms. The average molecular weight is 174 g/mol. The van der Waals surface area contributed by atoms with E-state index in [1.807, 2.05) is 19.0 Å². The summed E-state index contributed by atoms with van der Waals surface area (Å²) in [4.78, 5) is 12.6. The van der Waals surface area contributed by atoms with Crippen molar-refractivity contribution < 1.29 is 9.90 Å². The number of nitrogens with zero attached hydrogens (tertiary/aromatic N) is 1. The highest BCUT2D eigenvalue weighted by molar-refractivity contribution is 5.77. The molecule has 0 radical (unpaired) electrons. The molecule has 0 saturated carbocycles. The summed E-state index contributed by atoms with van der Waals surface area (Å²) in [5.74, 6) is -0.929. The molecule has 0 saturated heterocycles. The van der Waals surface area contributed by atoms with Crippen molar-refractivity contribution in [1.82, 2.24) is 4.90 Å². The van der Waals surface area contributed by atoms with Gasteiger partial charge in [-0.1, -0.05) is 0 Å². The predicted octanol–water partition coefficient (Wildman–Crippen LogP) is 0.130. The molecule has 0 aliphatic heterocycles. The van der Waals surface area contributed by atoms with Crippen molar-refractivity contribution in [3.8, 4) is 0 Å². The second-order valence-corrected chi connectivity index (χ2v) is 3.63. The monoisotopic (exact) mass is 174 g/mol. The molecule has 0 unspecified atom stereocenters. The first kappa shape index (κ1) is 11.4. The second-order valence-electron chi connectivity index (χ2n) is 3.63. The second kappa shape index (κ2) is 4.42. The highest BCUT2D eigenvalue weighted by Crippen LogP contribution is 2.08. The van der Waals surface area contributed by atoms with E-state index in [4.69, 9.17) is 10.8 Å². The quantitative estimate of drug-likeness (QED) is 0.621. The zero-order valence-corrected chi connectivity index (χ0v) is 8.00. The van der Waals surface area contributed by atoms with E-state index in [0.29, 0.717) is 6.42 Å². The van der Waals surface area contributed by atoms with Crippen molar-refractivity contribution in [1.29, 1.82) is 0 Å². The number of nitrogens with two attached hydrogens (primary N) is 1. The summed E-state index contributed by atoms with van der Waals surface area (Å²) in [6.07, 6.45) is 1.33. The number of hydrogen-bond acceptors (Lipinski definition) is 3. The summed E-state index contributed by atoms with van der Waals surface area (Å²) in [6.45, 7) is 2.42. The summed E-state index contributed by atoms with van der Waals surface area (Å²) in [5.41, 5.74) is 4.45. The molecule has 0 fully saturated rings. The highest BCUT2D eigenvalue weighted by atomic mass is 16.4. The van der Waals surface area contributed by atoms with Crippen LogP contribution in [-0.4, -0.2) is 42.2 Å². The molecule has 0 aliphatic rings. The Bertz CT molecular complexity index is 155. The van der Waals surface area contributed by atoms with Crippen LogP contribution in [0.1, 0.15) is 19.8 Å². The van der Waals surface area contributed by atoms with Crippen molar-refractivity contribution in [2.45, 2.75) is 25.3 Å². The van der Waals surface area contributed by atoms with Gasteiger partial charge in [0.1, 0.15) is 5.54 Å². The number of carbonyl (C=O) groups is 1. The van der Waals surface area contributed by atoms with Gasteiger partial charge >= 0.3 is 5.97 Å². The maximum absolute atomic E-state index is 10.6. The van der Waals surface area contributed by atoms with Gasteiger partial charge in [-0.05, 0) is 40.4 Å². The Labute approximate surface area is 73.3 Å². The minimum absolute atomic E-state index is 0.514. The van der Waals surface area contributed by atoms with Crippen LogP contribution in [0.2, 0.25) is 0 Å². The fourth-order valence-corrected chi connectivity index (χ4v) is 0.869. The minimum Gasteiger partial charge on any atom is -0.480 e. The van der Waals surface area contributed by atoms with Crippen molar-refractivity contribution in [2.24, 2.45) is 5.73 Å². The van der Waals surface area contributed by atoms with Crippen LogP contribution in [0.15, 0.2) is 0 Å². The summed E-state index contributed by atoms with van der Waals surface area (Å²) in [7, 11) is 3.91. The van der Waals surface area contributed by atoms with E-state index in [2.05, 4.69) is 0 Å². The number of carboxylic acids is 1. The molecular weight excluding hydrogens is 156 g/mol. The van der Waals surface area contributed by atoms with Gasteiger partial charge in [-0.2, -0.15) is 0 Å². The molecule has 0 heterocycles. The van der Waals surface area contributed by atoms with Crippen LogP contribution in [0.3, 0.4) is 0 Å². The largest absolute Gasteiger partial charge is 0.480 e. The molecule has 4 nitrogen and oxygen atoms in total. The normalized spacial score (nSPS) is 16.1. The zero-order chi connectivity index (χ0) is 9.78. The maximum Gasteiger partial charge on any atom is 0.323 e. The van der Waals surface area contributed by atoms with Gasteiger partial charge in [0, 0.05) is 0 Å². The molecule has 12 heavy (non-hydrogen) atoms. The molecule has 1 atom stereocenters. The zero-order valence-electron chi connectivity index (χ0n) is 8.00. The maximum atomic E-state index is 10.6. The molecule has 72 valence electrons. The Morgan fingerprint density at radius 2 is 2.08 bits per heavy atom.